The van der Waals surface area contributed by atoms with Crippen LogP contribution in [0.3, 0.4) is 0 Å². The molecule has 0 spiro atoms. The zero-order chi connectivity index (χ0) is 14.0. The molecule has 1 aliphatic heterocycles. The quantitative estimate of drug-likeness (QED) is 0.469. The van der Waals surface area contributed by atoms with Gasteiger partial charge in [0.2, 0.25) is 0 Å². The molecule has 2 nitrogen and oxygen atoms in total. The molecule has 2 rings (SSSR count). The van der Waals surface area contributed by atoms with Crippen molar-refractivity contribution in [3.63, 3.8) is 0 Å². The van der Waals surface area contributed by atoms with Crippen LogP contribution < -0.4 is 5.30 Å². The van der Waals surface area contributed by atoms with E-state index in [1.54, 1.807) is 0 Å². The van der Waals surface area contributed by atoms with Crippen LogP contribution in [0, 0.1) is 5.92 Å². The molecule has 1 aromatic carbocycles. The van der Waals surface area contributed by atoms with Gasteiger partial charge in [0.1, 0.15) is 0 Å². The van der Waals surface area contributed by atoms with Gasteiger partial charge in [0.25, 0.3) is 0 Å². The fraction of sp³-hybridized carbons (Fsp3) is 0.533. The molecule has 1 fully saturated rings. The summed E-state index contributed by atoms with van der Waals surface area (Å²) in [4.78, 5) is 11.2. The number of benzene rings is 1. The summed E-state index contributed by atoms with van der Waals surface area (Å²) in [5, 5.41) is 1.45. The van der Waals surface area contributed by atoms with E-state index >= 15 is 0 Å². The third-order valence-corrected chi connectivity index (χ3v) is 12.4. The van der Waals surface area contributed by atoms with Crippen LogP contribution in [0.2, 0.25) is 0 Å². The second kappa shape index (κ2) is 5.95. The molecule has 4 heteroatoms. The van der Waals surface area contributed by atoms with E-state index in [1.165, 1.54) is 12.2 Å². The number of carbonyl (C=O) groups is 1. The SMILES string of the molecule is CC(=O)O[C@@H]1C[C@@H](C)[P@@](=[Se])(c2ccccc2)C[C@@H]1C. The molecule has 0 unspecified atom stereocenters. The third-order valence-electron chi connectivity index (χ3n) is 3.99. The molecule has 19 heavy (non-hydrogen) atoms. The average Bonchev–Trinajstić information content (AvgIpc) is 2.36. The van der Waals surface area contributed by atoms with Crippen LogP contribution >= 0.6 is 5.51 Å². The Kier molecular flexibility index (Phi) is 4.71. The second-order valence-electron chi connectivity index (χ2n) is 5.52. The minimum absolute atomic E-state index is 0.0812. The Hall–Kier alpha value is -0.361. The Morgan fingerprint density at radius 1 is 1.32 bits per heavy atom. The third kappa shape index (κ3) is 3.21. The Bertz CT molecular complexity index is 500. The molecule has 1 heterocycles. The van der Waals surface area contributed by atoms with Crippen LogP contribution in [0.25, 0.3) is 0 Å². The number of rotatable bonds is 2. The van der Waals surface area contributed by atoms with Gasteiger partial charge in [-0.05, 0) is 0 Å². The van der Waals surface area contributed by atoms with Crippen molar-refractivity contribution in [3.05, 3.63) is 30.3 Å². The van der Waals surface area contributed by atoms with Crippen molar-refractivity contribution in [1.82, 2.24) is 0 Å². The van der Waals surface area contributed by atoms with E-state index in [0.717, 1.165) is 12.6 Å². The second-order valence-corrected chi connectivity index (χ2v) is 13.0. The zero-order valence-corrected chi connectivity index (χ0v) is 14.3. The van der Waals surface area contributed by atoms with E-state index < -0.39 is 5.51 Å². The topological polar surface area (TPSA) is 26.3 Å². The Labute approximate surface area is 123 Å². The number of esters is 1. The summed E-state index contributed by atoms with van der Waals surface area (Å²) in [5.41, 5.74) is -0.695. The van der Waals surface area contributed by atoms with Gasteiger partial charge in [-0.3, -0.25) is 0 Å². The fourth-order valence-electron chi connectivity index (χ4n) is 2.88. The summed E-state index contributed by atoms with van der Waals surface area (Å²) >= 11 is 3.53. The molecule has 4 atom stereocenters. The molecule has 1 aliphatic rings. The van der Waals surface area contributed by atoms with E-state index in [-0.39, 0.29) is 12.1 Å². The van der Waals surface area contributed by atoms with Gasteiger partial charge in [0.05, 0.1) is 0 Å². The van der Waals surface area contributed by atoms with Crippen LogP contribution in [0.5, 0.6) is 0 Å². The normalized spacial score (nSPS) is 34.8. The first-order valence-corrected chi connectivity index (χ1v) is 11.0. The molecular weight excluding hydrogens is 322 g/mol. The molecule has 0 aromatic heterocycles. The van der Waals surface area contributed by atoms with Crippen LogP contribution in [0.15, 0.2) is 30.3 Å². The standard InChI is InChI=1S/C15H21O2PSe/c1-11-10-18(19,14-7-5-4-6-8-14)12(2)9-15(11)17-13(3)16/h4-8,11-12,15H,9-10H2,1-3H3/t11-,12+,15+,18+/m0/s1. The van der Waals surface area contributed by atoms with Gasteiger partial charge in [-0.1, -0.05) is 0 Å². The summed E-state index contributed by atoms with van der Waals surface area (Å²) in [5.74, 6) is 0.268. The summed E-state index contributed by atoms with van der Waals surface area (Å²) in [6, 6.07) is 10.8. The fourth-order valence-corrected chi connectivity index (χ4v) is 9.07. The van der Waals surface area contributed by atoms with Crippen molar-refractivity contribution in [2.24, 2.45) is 5.92 Å². The first kappa shape index (κ1) is 15.0. The molecule has 0 amide bonds. The molecule has 0 N–H and O–H groups in total. The van der Waals surface area contributed by atoms with Crippen molar-refractivity contribution in [3.8, 4) is 0 Å². The average molecular weight is 343 g/mol. The number of carbonyl (C=O) groups excluding carboxylic acids is 1. The number of hydrogen-bond donors (Lipinski definition) is 0. The Balaban J connectivity index is 2.23. The molecule has 1 aromatic rings. The van der Waals surface area contributed by atoms with E-state index in [4.69, 9.17) is 4.74 Å². The first-order valence-electron chi connectivity index (χ1n) is 6.75. The van der Waals surface area contributed by atoms with E-state index in [0.29, 0.717) is 11.6 Å². The van der Waals surface area contributed by atoms with Crippen LogP contribution in [-0.4, -0.2) is 39.0 Å². The van der Waals surface area contributed by atoms with E-state index in [2.05, 4.69) is 59.3 Å². The summed E-state index contributed by atoms with van der Waals surface area (Å²) in [6.07, 6.45) is 2.17. The van der Waals surface area contributed by atoms with Crippen molar-refractivity contribution in [2.45, 2.75) is 39.0 Å². The zero-order valence-electron chi connectivity index (χ0n) is 11.7. The van der Waals surface area contributed by atoms with Crippen LogP contribution in [0.4, 0.5) is 0 Å². The molecule has 0 aliphatic carbocycles. The van der Waals surface area contributed by atoms with E-state index in [1.807, 2.05) is 0 Å². The van der Waals surface area contributed by atoms with Gasteiger partial charge in [-0.25, -0.2) is 0 Å². The molecule has 0 saturated carbocycles. The van der Waals surface area contributed by atoms with Crippen molar-refractivity contribution < 1.29 is 9.53 Å². The van der Waals surface area contributed by atoms with Crippen molar-refractivity contribution >= 4 is 31.9 Å². The summed E-state index contributed by atoms with van der Waals surface area (Å²) < 4.78 is 5.47. The predicted molar refractivity (Wildman–Crippen MR) is 82.4 cm³/mol. The molecule has 0 radical (unpaired) electrons. The van der Waals surface area contributed by atoms with Gasteiger partial charge in [0.15, 0.2) is 0 Å². The number of hydrogen-bond acceptors (Lipinski definition) is 2. The minimum atomic E-state index is -1.26. The molecule has 1 saturated heterocycles. The van der Waals surface area contributed by atoms with Gasteiger partial charge in [-0.2, -0.15) is 0 Å². The summed E-state index contributed by atoms with van der Waals surface area (Å²) in [6.45, 7) is 6.00. The monoisotopic (exact) mass is 344 g/mol. The molecule has 104 valence electrons. The van der Waals surface area contributed by atoms with Crippen LogP contribution in [-0.2, 0) is 9.53 Å². The maximum absolute atomic E-state index is 11.2. The Morgan fingerprint density at radius 3 is 2.53 bits per heavy atom. The maximum atomic E-state index is 11.2. The van der Waals surface area contributed by atoms with Gasteiger partial charge in [0, 0.05) is 0 Å². The molecule has 0 bridgehead atoms. The number of ether oxygens (including phenoxy) is 1. The van der Waals surface area contributed by atoms with E-state index in [9.17, 15) is 4.79 Å². The van der Waals surface area contributed by atoms with Gasteiger partial charge < -0.3 is 0 Å². The van der Waals surface area contributed by atoms with Crippen molar-refractivity contribution in [1.29, 1.82) is 0 Å². The van der Waals surface area contributed by atoms with Gasteiger partial charge in [-0.15, -0.1) is 0 Å². The molecular formula is C15H21O2PSe. The van der Waals surface area contributed by atoms with Crippen molar-refractivity contribution in [2.75, 3.05) is 6.16 Å². The van der Waals surface area contributed by atoms with Gasteiger partial charge >= 0.3 is 123 Å². The van der Waals surface area contributed by atoms with Crippen LogP contribution in [0.1, 0.15) is 27.2 Å². The first-order chi connectivity index (χ1) is 8.93. The Morgan fingerprint density at radius 2 is 1.95 bits per heavy atom. The predicted octanol–water partition coefficient (Wildman–Crippen LogP) is 2.77. The summed E-state index contributed by atoms with van der Waals surface area (Å²) in [7, 11) is 0.